The molecule has 0 bridgehead atoms. The zero-order valence-electron chi connectivity index (χ0n) is 18.4. The highest BCUT2D eigenvalue weighted by atomic mass is 32.1. The maximum Gasteiger partial charge on any atom is 0.443 e. The number of aliphatic hydroxyl groups is 1. The van der Waals surface area contributed by atoms with Crippen molar-refractivity contribution in [2.75, 3.05) is 0 Å². The zero-order chi connectivity index (χ0) is 24.7. The maximum atomic E-state index is 13.3. The molecule has 11 heteroatoms. The molecule has 0 saturated carbocycles. The Kier molecular flexibility index (Phi) is 5.83. The summed E-state index contributed by atoms with van der Waals surface area (Å²) in [4.78, 5) is 12.9. The standard InChI is InChI=1S/C24H19F3N6OS/c1-13(28)18-5-3-6-19(31-18)14-8-16(20-12-35-23(32-20)24(25,26)27)17-10-29-33(21(17)9-14)22-7-2-4-15(11-34)30-22/h2-10,12-13,34H,11,28H2,1H3/t13-/m0/s1. The average Bonchev–Trinajstić information content (AvgIpc) is 3.51. The number of halogens is 3. The number of pyridine rings is 2. The van der Waals surface area contributed by atoms with Gasteiger partial charge < -0.3 is 10.8 Å². The highest BCUT2D eigenvalue weighted by molar-refractivity contribution is 7.10. The van der Waals surface area contributed by atoms with Gasteiger partial charge >= 0.3 is 6.18 Å². The van der Waals surface area contributed by atoms with Crippen LogP contribution in [0, 0.1) is 0 Å². The number of alkyl halides is 3. The van der Waals surface area contributed by atoms with E-state index in [1.807, 2.05) is 31.2 Å². The first kappa shape index (κ1) is 23.1. The Morgan fingerprint density at radius 2 is 1.86 bits per heavy atom. The van der Waals surface area contributed by atoms with Crippen LogP contribution in [0.5, 0.6) is 0 Å². The van der Waals surface area contributed by atoms with Crippen molar-refractivity contribution in [2.24, 2.45) is 5.73 Å². The molecule has 7 nitrogen and oxygen atoms in total. The molecule has 3 N–H and O–H groups in total. The normalized spacial score (nSPS) is 12.9. The fourth-order valence-corrected chi connectivity index (χ4v) is 4.42. The van der Waals surface area contributed by atoms with Crippen LogP contribution in [-0.2, 0) is 12.8 Å². The SMILES string of the molecule is C[C@H](N)c1cccc(-c2cc(-c3csc(C(F)(F)F)n3)c3cnn(-c4cccc(CO)n4)c3c2)n1. The van der Waals surface area contributed by atoms with Gasteiger partial charge in [-0.2, -0.15) is 18.3 Å². The Morgan fingerprint density at radius 1 is 1.06 bits per heavy atom. The Hall–Kier alpha value is -3.67. The first-order chi connectivity index (χ1) is 16.7. The Morgan fingerprint density at radius 3 is 2.57 bits per heavy atom. The van der Waals surface area contributed by atoms with Gasteiger partial charge in [-0.3, -0.25) is 4.98 Å². The third-order valence-electron chi connectivity index (χ3n) is 5.42. The number of fused-ring (bicyclic) bond motifs is 1. The summed E-state index contributed by atoms with van der Waals surface area (Å²) < 4.78 is 41.4. The van der Waals surface area contributed by atoms with Crippen molar-refractivity contribution in [2.45, 2.75) is 25.7 Å². The smallest absolute Gasteiger partial charge is 0.390 e. The van der Waals surface area contributed by atoms with Gasteiger partial charge in [0.1, 0.15) is 0 Å². The molecule has 0 aliphatic rings. The fourth-order valence-electron chi connectivity index (χ4n) is 3.74. The van der Waals surface area contributed by atoms with E-state index in [0.29, 0.717) is 56.3 Å². The minimum atomic E-state index is -4.54. The number of aliphatic hydroxyl groups excluding tert-OH is 1. The lowest BCUT2D eigenvalue weighted by atomic mass is 10.0. The molecule has 4 heterocycles. The van der Waals surface area contributed by atoms with Crippen molar-refractivity contribution in [1.82, 2.24) is 24.7 Å². The molecule has 4 aromatic heterocycles. The molecule has 0 aliphatic carbocycles. The molecule has 0 unspecified atom stereocenters. The zero-order valence-corrected chi connectivity index (χ0v) is 19.2. The lowest BCUT2D eigenvalue weighted by Crippen LogP contribution is -2.07. The minimum absolute atomic E-state index is 0.189. The van der Waals surface area contributed by atoms with Gasteiger partial charge in [-0.15, -0.1) is 11.3 Å². The van der Waals surface area contributed by atoms with Crippen LogP contribution in [-0.4, -0.2) is 29.8 Å². The van der Waals surface area contributed by atoms with Crippen molar-refractivity contribution in [1.29, 1.82) is 0 Å². The molecule has 0 amide bonds. The van der Waals surface area contributed by atoms with Crippen LogP contribution in [0.1, 0.15) is 29.4 Å². The number of hydrogen-bond donors (Lipinski definition) is 2. The lowest BCUT2D eigenvalue weighted by molar-refractivity contribution is -0.137. The van der Waals surface area contributed by atoms with E-state index in [1.54, 1.807) is 35.1 Å². The van der Waals surface area contributed by atoms with Crippen molar-refractivity contribution in [3.05, 3.63) is 76.5 Å². The molecular weight excluding hydrogens is 477 g/mol. The van der Waals surface area contributed by atoms with Crippen LogP contribution < -0.4 is 5.73 Å². The predicted molar refractivity (Wildman–Crippen MR) is 127 cm³/mol. The van der Waals surface area contributed by atoms with Crippen LogP contribution in [0.4, 0.5) is 13.2 Å². The molecule has 0 saturated heterocycles. The van der Waals surface area contributed by atoms with E-state index in [1.165, 1.54) is 5.38 Å². The summed E-state index contributed by atoms with van der Waals surface area (Å²) >= 11 is 0.540. The van der Waals surface area contributed by atoms with Crippen LogP contribution >= 0.6 is 11.3 Å². The number of rotatable bonds is 5. The Balaban J connectivity index is 1.76. The molecular formula is C24H19F3N6OS. The van der Waals surface area contributed by atoms with E-state index in [0.717, 1.165) is 0 Å². The number of benzene rings is 1. The summed E-state index contributed by atoms with van der Waals surface area (Å²) in [5.74, 6) is 0.459. The van der Waals surface area contributed by atoms with Crippen LogP contribution in [0.15, 0.2) is 60.1 Å². The largest absolute Gasteiger partial charge is 0.443 e. The number of nitrogens with two attached hydrogens (primary N) is 1. The highest BCUT2D eigenvalue weighted by Crippen LogP contribution is 2.38. The van der Waals surface area contributed by atoms with Gasteiger partial charge in [0.25, 0.3) is 0 Å². The number of thiazole rings is 1. The predicted octanol–water partition coefficient (Wildman–Crippen LogP) is 5.14. The summed E-state index contributed by atoms with van der Waals surface area (Å²) in [7, 11) is 0. The highest BCUT2D eigenvalue weighted by Gasteiger charge is 2.35. The summed E-state index contributed by atoms with van der Waals surface area (Å²) in [6.07, 6.45) is -2.97. The van der Waals surface area contributed by atoms with Crippen LogP contribution in [0.25, 0.3) is 39.2 Å². The van der Waals surface area contributed by atoms with E-state index < -0.39 is 11.2 Å². The van der Waals surface area contributed by atoms with Crippen LogP contribution in [0.3, 0.4) is 0 Å². The van der Waals surface area contributed by atoms with Gasteiger partial charge in [-0.1, -0.05) is 12.1 Å². The molecule has 1 aromatic carbocycles. The third-order valence-corrected chi connectivity index (χ3v) is 6.30. The number of hydrogen-bond acceptors (Lipinski definition) is 7. The Bertz CT molecular complexity index is 1530. The molecule has 0 radical (unpaired) electrons. The van der Waals surface area contributed by atoms with E-state index in [-0.39, 0.29) is 18.3 Å². The second-order valence-corrected chi connectivity index (χ2v) is 8.79. The summed E-state index contributed by atoms with van der Waals surface area (Å²) in [5, 5.41) is 15.0. The van der Waals surface area contributed by atoms with Crippen molar-refractivity contribution in [3.8, 4) is 28.3 Å². The first-order valence-electron chi connectivity index (χ1n) is 10.6. The van der Waals surface area contributed by atoms with E-state index in [2.05, 4.69) is 20.1 Å². The summed E-state index contributed by atoms with van der Waals surface area (Å²) in [6.45, 7) is 1.58. The number of nitrogens with zero attached hydrogens (tertiary/aromatic N) is 5. The Labute approximate surface area is 201 Å². The minimum Gasteiger partial charge on any atom is -0.390 e. The van der Waals surface area contributed by atoms with Crippen LogP contribution in [0.2, 0.25) is 0 Å². The monoisotopic (exact) mass is 496 g/mol. The number of aromatic nitrogens is 5. The quantitative estimate of drug-likeness (QED) is 0.349. The van der Waals surface area contributed by atoms with Gasteiger partial charge in [0.2, 0.25) is 0 Å². The third kappa shape index (κ3) is 4.41. The van der Waals surface area contributed by atoms with E-state index in [4.69, 9.17) is 5.73 Å². The van der Waals surface area contributed by atoms with Gasteiger partial charge in [-0.25, -0.2) is 14.6 Å². The topological polar surface area (TPSA) is 103 Å². The lowest BCUT2D eigenvalue weighted by Gasteiger charge is -2.11. The summed E-state index contributed by atoms with van der Waals surface area (Å²) in [5.41, 5.74) is 9.71. The molecule has 0 fully saturated rings. The van der Waals surface area contributed by atoms with E-state index >= 15 is 0 Å². The van der Waals surface area contributed by atoms with Gasteiger partial charge in [0, 0.05) is 27.9 Å². The summed E-state index contributed by atoms with van der Waals surface area (Å²) in [6, 6.07) is 13.9. The molecule has 0 spiro atoms. The molecule has 0 aliphatic heterocycles. The molecule has 35 heavy (non-hydrogen) atoms. The second-order valence-electron chi connectivity index (χ2n) is 7.93. The molecule has 5 rings (SSSR count). The second kappa shape index (κ2) is 8.84. The van der Waals surface area contributed by atoms with E-state index in [9.17, 15) is 18.3 Å². The average molecular weight is 497 g/mol. The molecule has 178 valence electrons. The van der Waals surface area contributed by atoms with Gasteiger partial charge in [-0.05, 0) is 43.3 Å². The molecule has 1 atom stereocenters. The van der Waals surface area contributed by atoms with Crippen molar-refractivity contribution < 1.29 is 18.3 Å². The fraction of sp³-hybridized carbons (Fsp3) is 0.167. The first-order valence-corrected chi connectivity index (χ1v) is 11.5. The van der Waals surface area contributed by atoms with Gasteiger partial charge in [0.15, 0.2) is 10.8 Å². The maximum absolute atomic E-state index is 13.3. The van der Waals surface area contributed by atoms with Gasteiger partial charge in [0.05, 0.1) is 41.1 Å². The van der Waals surface area contributed by atoms with Crippen molar-refractivity contribution in [3.63, 3.8) is 0 Å². The van der Waals surface area contributed by atoms with Crippen molar-refractivity contribution >= 4 is 22.2 Å². The molecule has 5 aromatic rings.